The van der Waals surface area contributed by atoms with E-state index in [1.807, 2.05) is 6.92 Å². The Bertz CT molecular complexity index is 1080. The van der Waals surface area contributed by atoms with Crippen LogP contribution in [-0.4, -0.2) is 58.4 Å². The minimum absolute atomic E-state index is 0.0325. The number of hydrogen-bond donors (Lipinski definition) is 3. The van der Waals surface area contributed by atoms with Crippen molar-refractivity contribution < 1.29 is 14.3 Å². The zero-order valence-electron chi connectivity index (χ0n) is 20.7. The maximum atomic E-state index is 13.6. The first-order valence-corrected chi connectivity index (χ1v) is 12.6. The molecule has 188 valence electrons. The highest BCUT2D eigenvalue weighted by Crippen LogP contribution is 2.45. The Morgan fingerprint density at radius 2 is 1.97 bits per heavy atom. The second-order valence-corrected chi connectivity index (χ2v) is 10.0. The maximum absolute atomic E-state index is 13.6. The number of ketones is 2. The molecule has 35 heavy (non-hydrogen) atoms. The van der Waals surface area contributed by atoms with Crippen molar-refractivity contribution >= 4 is 29.2 Å². The van der Waals surface area contributed by atoms with Gasteiger partial charge in [-0.2, -0.15) is 4.98 Å². The predicted octanol–water partition coefficient (Wildman–Crippen LogP) is 2.84. The number of carbonyl (C=O) groups excluding carboxylic acids is 2. The van der Waals surface area contributed by atoms with Gasteiger partial charge in [-0.1, -0.05) is 6.42 Å². The van der Waals surface area contributed by atoms with E-state index in [2.05, 4.69) is 21.9 Å². The van der Waals surface area contributed by atoms with E-state index in [-0.39, 0.29) is 40.9 Å². The molecule has 0 bridgehead atoms. The van der Waals surface area contributed by atoms with Gasteiger partial charge in [0.15, 0.2) is 11.6 Å². The van der Waals surface area contributed by atoms with Gasteiger partial charge in [-0.3, -0.25) is 14.5 Å². The molecule has 4 rings (SSSR count). The van der Waals surface area contributed by atoms with Crippen LogP contribution >= 0.6 is 0 Å². The standard InChI is InChI=1S/C26H36N6O3/c1-16(20-8-6-14-32(20)2)35-22-15-19(18(28)10-13-27)30-25(31-22)23(29)17-7-5-12-26(24(17)34)11-4-3-9-21(26)33/h10,13,15-16,20,27H,3-9,11-12,14,28-29H2,1-2H3/t16-,20-,26+/m0/s1. The molecule has 1 aromatic rings. The van der Waals surface area contributed by atoms with Crippen molar-refractivity contribution in [2.45, 2.75) is 76.9 Å². The van der Waals surface area contributed by atoms with Gasteiger partial charge < -0.3 is 21.6 Å². The largest absolute Gasteiger partial charge is 0.473 e. The Labute approximate surface area is 206 Å². The first kappa shape index (κ1) is 25.0. The molecule has 9 heteroatoms. The van der Waals surface area contributed by atoms with Gasteiger partial charge in [-0.15, -0.1) is 0 Å². The van der Waals surface area contributed by atoms with E-state index < -0.39 is 5.41 Å². The summed E-state index contributed by atoms with van der Waals surface area (Å²) >= 11 is 0. The van der Waals surface area contributed by atoms with Crippen LogP contribution in [0, 0.1) is 10.8 Å². The molecule has 2 saturated carbocycles. The molecule has 3 aliphatic rings. The molecule has 0 radical (unpaired) electrons. The molecule has 9 nitrogen and oxygen atoms in total. The number of aromatic nitrogens is 2. The minimum Gasteiger partial charge on any atom is -0.473 e. The molecule has 0 aromatic carbocycles. The molecule has 2 aliphatic carbocycles. The summed E-state index contributed by atoms with van der Waals surface area (Å²) in [4.78, 5) is 37.8. The van der Waals surface area contributed by atoms with Crippen LogP contribution in [0.4, 0.5) is 0 Å². The predicted molar refractivity (Wildman–Crippen MR) is 135 cm³/mol. The van der Waals surface area contributed by atoms with Crippen LogP contribution in [0.3, 0.4) is 0 Å². The number of ether oxygens (including phenoxy) is 1. The first-order valence-electron chi connectivity index (χ1n) is 12.6. The maximum Gasteiger partial charge on any atom is 0.217 e. The van der Waals surface area contributed by atoms with Gasteiger partial charge in [-0.05, 0) is 71.5 Å². The Morgan fingerprint density at radius 3 is 2.66 bits per heavy atom. The third-order valence-electron chi connectivity index (χ3n) is 7.78. The zero-order chi connectivity index (χ0) is 25.2. The summed E-state index contributed by atoms with van der Waals surface area (Å²) in [6.07, 6.45) is 9.05. The highest BCUT2D eigenvalue weighted by Gasteiger charge is 2.49. The number of likely N-dealkylation sites (N-methyl/N-ethyl adjacent to an activating group) is 1. The van der Waals surface area contributed by atoms with E-state index in [4.69, 9.17) is 21.6 Å². The van der Waals surface area contributed by atoms with Gasteiger partial charge in [0.25, 0.3) is 0 Å². The molecule has 1 saturated heterocycles. The third kappa shape index (κ3) is 4.87. The average molecular weight is 481 g/mol. The number of nitrogens with zero attached hydrogens (tertiary/aromatic N) is 3. The van der Waals surface area contributed by atoms with E-state index in [1.165, 1.54) is 6.08 Å². The van der Waals surface area contributed by atoms with Gasteiger partial charge >= 0.3 is 0 Å². The quantitative estimate of drug-likeness (QED) is 0.320. The Morgan fingerprint density at radius 1 is 1.20 bits per heavy atom. The lowest BCUT2D eigenvalue weighted by atomic mass is 9.62. The van der Waals surface area contributed by atoms with Crippen LogP contribution in [0.1, 0.15) is 76.2 Å². The summed E-state index contributed by atoms with van der Waals surface area (Å²) in [6.45, 7) is 3.03. The first-order chi connectivity index (χ1) is 16.8. The molecule has 5 N–H and O–H groups in total. The van der Waals surface area contributed by atoms with Crippen LogP contribution < -0.4 is 16.2 Å². The van der Waals surface area contributed by atoms with Gasteiger partial charge in [-0.25, -0.2) is 4.98 Å². The van der Waals surface area contributed by atoms with Crippen LogP contribution in [0.15, 0.2) is 17.7 Å². The van der Waals surface area contributed by atoms with Crippen molar-refractivity contribution in [3.05, 3.63) is 29.2 Å². The monoisotopic (exact) mass is 480 g/mol. The Hall–Kier alpha value is -3.07. The highest BCUT2D eigenvalue weighted by molar-refractivity contribution is 6.17. The topological polar surface area (TPSA) is 148 Å². The minimum atomic E-state index is -0.950. The van der Waals surface area contributed by atoms with Gasteiger partial charge in [0.05, 0.1) is 22.5 Å². The van der Waals surface area contributed by atoms with Gasteiger partial charge in [0.1, 0.15) is 11.9 Å². The van der Waals surface area contributed by atoms with E-state index >= 15 is 0 Å². The van der Waals surface area contributed by atoms with Crippen molar-refractivity contribution in [1.82, 2.24) is 14.9 Å². The molecular formula is C26H36N6O3. The SMILES string of the molecule is C[C@H](Oc1cc(C(N)=CC=N)nc(C(N)=C2CCC[C@@]3(CCCCC3=O)C2=O)n1)[C@@H]1CCCN1C. The van der Waals surface area contributed by atoms with Crippen molar-refractivity contribution in [2.24, 2.45) is 16.9 Å². The number of nitrogens with one attached hydrogen (secondary N) is 1. The number of rotatable bonds is 6. The molecule has 0 amide bonds. The lowest BCUT2D eigenvalue weighted by Gasteiger charge is -2.38. The summed E-state index contributed by atoms with van der Waals surface area (Å²) in [5.41, 5.74) is 13.0. The number of hydrogen-bond acceptors (Lipinski definition) is 9. The number of carbonyl (C=O) groups is 2. The lowest BCUT2D eigenvalue weighted by molar-refractivity contribution is -0.143. The van der Waals surface area contributed by atoms with E-state index in [1.54, 1.807) is 6.07 Å². The third-order valence-corrected chi connectivity index (χ3v) is 7.78. The van der Waals surface area contributed by atoms with Crippen molar-refractivity contribution in [3.8, 4) is 5.88 Å². The Balaban J connectivity index is 1.72. The summed E-state index contributed by atoms with van der Waals surface area (Å²) in [7, 11) is 2.08. The molecule has 3 fully saturated rings. The smallest absolute Gasteiger partial charge is 0.217 e. The fourth-order valence-corrected chi connectivity index (χ4v) is 5.80. The summed E-state index contributed by atoms with van der Waals surface area (Å²) < 4.78 is 6.22. The average Bonchev–Trinajstić information content (AvgIpc) is 3.28. The Kier molecular flexibility index (Phi) is 7.35. The van der Waals surface area contributed by atoms with E-state index in [9.17, 15) is 9.59 Å². The molecule has 0 unspecified atom stereocenters. The second kappa shape index (κ2) is 10.3. The molecule has 1 aliphatic heterocycles. The zero-order valence-corrected chi connectivity index (χ0v) is 20.7. The molecule has 2 heterocycles. The summed E-state index contributed by atoms with van der Waals surface area (Å²) in [6, 6.07) is 1.90. The van der Waals surface area contributed by atoms with Crippen LogP contribution in [0.25, 0.3) is 11.4 Å². The van der Waals surface area contributed by atoms with Crippen molar-refractivity contribution in [3.63, 3.8) is 0 Å². The fourth-order valence-electron chi connectivity index (χ4n) is 5.80. The molecular weight excluding hydrogens is 444 g/mol. The van der Waals surface area contributed by atoms with Crippen molar-refractivity contribution in [1.29, 1.82) is 5.41 Å². The highest BCUT2D eigenvalue weighted by atomic mass is 16.5. The number of likely N-dealkylation sites (tertiary alicyclic amines) is 1. The van der Waals surface area contributed by atoms with E-state index in [0.717, 1.165) is 44.9 Å². The molecule has 1 spiro atoms. The van der Waals surface area contributed by atoms with E-state index in [0.29, 0.717) is 42.8 Å². The van der Waals surface area contributed by atoms with Crippen LogP contribution in [0.5, 0.6) is 5.88 Å². The number of nitrogens with two attached hydrogens (primary N) is 2. The lowest BCUT2D eigenvalue weighted by Crippen LogP contribution is -2.45. The van der Waals surface area contributed by atoms with Crippen LogP contribution in [0.2, 0.25) is 0 Å². The summed E-state index contributed by atoms with van der Waals surface area (Å²) in [5.74, 6) is 0.334. The summed E-state index contributed by atoms with van der Waals surface area (Å²) in [5, 5.41) is 7.37. The second-order valence-electron chi connectivity index (χ2n) is 10.0. The molecule has 3 atom stereocenters. The van der Waals surface area contributed by atoms with Gasteiger partial charge in [0.2, 0.25) is 5.88 Å². The number of Topliss-reactive ketones (excluding diaryl/α,β-unsaturated/α-hetero) is 2. The molecule has 1 aromatic heterocycles. The van der Waals surface area contributed by atoms with Gasteiger partial charge in [0, 0.05) is 30.3 Å². The van der Waals surface area contributed by atoms with Crippen molar-refractivity contribution in [2.75, 3.05) is 13.6 Å². The normalized spacial score (nSPS) is 28.3. The fraction of sp³-hybridized carbons (Fsp3) is 0.577. The van der Waals surface area contributed by atoms with Crippen LogP contribution in [-0.2, 0) is 9.59 Å². The number of allylic oxidation sites excluding steroid dienone is 2.